The molecule has 1 aliphatic heterocycles. The molecule has 0 aliphatic carbocycles. The van der Waals surface area contributed by atoms with E-state index in [0.29, 0.717) is 31.6 Å². The lowest BCUT2D eigenvalue weighted by molar-refractivity contribution is -0.134. The van der Waals surface area contributed by atoms with Crippen LogP contribution in [0.5, 0.6) is 5.75 Å². The van der Waals surface area contributed by atoms with Crippen molar-refractivity contribution in [1.29, 1.82) is 0 Å². The second kappa shape index (κ2) is 11.3. The molecule has 10 nitrogen and oxygen atoms in total. The normalized spacial score (nSPS) is 18.7. The van der Waals surface area contributed by atoms with Crippen LogP contribution in [0.25, 0.3) is 0 Å². The molecule has 1 fully saturated rings. The lowest BCUT2D eigenvalue weighted by Crippen LogP contribution is -2.62. The number of rotatable bonds is 8. The molecular formula is C22H26FN3O7S. The molecule has 184 valence electrons. The van der Waals surface area contributed by atoms with Crippen molar-refractivity contribution < 1.29 is 37.1 Å². The first-order valence-corrected chi connectivity index (χ1v) is 12.0. The van der Waals surface area contributed by atoms with Crippen LogP contribution < -0.4 is 15.5 Å². The molecule has 1 saturated heterocycles. The Balaban J connectivity index is 1.72. The Hall–Kier alpha value is -3.22. The molecule has 3 rings (SSSR count). The summed E-state index contributed by atoms with van der Waals surface area (Å²) in [5.74, 6) is -0.846. The Labute approximate surface area is 196 Å². The average Bonchev–Trinajstić information content (AvgIpc) is 2.85. The van der Waals surface area contributed by atoms with Gasteiger partial charge in [0, 0.05) is 13.0 Å². The van der Waals surface area contributed by atoms with Crippen molar-refractivity contribution in [2.45, 2.75) is 36.2 Å². The number of piperidine rings is 1. The van der Waals surface area contributed by atoms with Crippen molar-refractivity contribution in [3.63, 3.8) is 0 Å². The van der Waals surface area contributed by atoms with Crippen LogP contribution in [-0.4, -0.2) is 62.3 Å². The van der Waals surface area contributed by atoms with Crippen LogP contribution in [0, 0.1) is 5.82 Å². The van der Waals surface area contributed by atoms with E-state index in [1.807, 2.05) is 0 Å². The molecule has 0 radical (unpaired) electrons. The molecule has 3 N–H and O–H groups in total. The molecule has 0 aromatic heterocycles. The van der Waals surface area contributed by atoms with Gasteiger partial charge in [-0.2, -0.15) is 4.31 Å². The smallest absolute Gasteiger partial charge is 0.407 e. The Morgan fingerprint density at radius 2 is 1.82 bits per heavy atom. The van der Waals surface area contributed by atoms with Gasteiger partial charge in [-0.3, -0.25) is 10.0 Å². The largest absolute Gasteiger partial charge is 0.493 e. The first-order valence-electron chi connectivity index (χ1n) is 10.5. The second-order valence-electron chi connectivity index (χ2n) is 7.62. The molecular weight excluding hydrogens is 469 g/mol. The fraction of sp³-hybridized carbons (Fsp3) is 0.364. The number of sulfonamides is 1. The molecule has 0 saturated carbocycles. The summed E-state index contributed by atoms with van der Waals surface area (Å²) in [6.45, 7) is 0.333. The van der Waals surface area contributed by atoms with Crippen molar-refractivity contribution in [3.05, 3.63) is 59.9 Å². The molecule has 2 aromatic rings. The molecule has 34 heavy (non-hydrogen) atoms. The van der Waals surface area contributed by atoms with Crippen molar-refractivity contribution in [2.75, 3.05) is 20.3 Å². The highest BCUT2D eigenvalue weighted by atomic mass is 32.2. The summed E-state index contributed by atoms with van der Waals surface area (Å²) in [7, 11) is -3.00. The lowest BCUT2D eigenvalue weighted by Gasteiger charge is -2.38. The minimum Gasteiger partial charge on any atom is -0.493 e. The highest BCUT2D eigenvalue weighted by molar-refractivity contribution is 7.89. The standard InChI is InChI=1S/C22H26FN3O7S/c1-32-22(28)24-19-3-2-13-26(20(19)21(27)25-29)34(30,31)18-10-8-17(9-11-18)33-14-12-15-4-6-16(23)7-5-15/h4-11,19-20,29H,2-3,12-14H2,1H3,(H,24,28)(H,25,27)/t19-,20+/m0/s1. The van der Waals surface area contributed by atoms with Crippen molar-refractivity contribution >= 4 is 22.0 Å². The number of carbonyl (C=O) groups is 2. The maximum absolute atomic E-state index is 13.3. The van der Waals surface area contributed by atoms with Crippen LogP contribution in [-0.2, 0) is 26.0 Å². The first kappa shape index (κ1) is 25.4. The third kappa shape index (κ3) is 6.01. The summed E-state index contributed by atoms with van der Waals surface area (Å²) in [6, 6.07) is 9.49. The van der Waals surface area contributed by atoms with Gasteiger partial charge in [0.05, 0.1) is 24.7 Å². The molecule has 0 unspecified atom stereocenters. The van der Waals surface area contributed by atoms with E-state index in [2.05, 4.69) is 10.1 Å². The predicted molar refractivity (Wildman–Crippen MR) is 118 cm³/mol. The van der Waals surface area contributed by atoms with Crippen LogP contribution in [0.1, 0.15) is 18.4 Å². The average molecular weight is 496 g/mol. The van der Waals surface area contributed by atoms with E-state index >= 15 is 0 Å². The maximum atomic E-state index is 13.3. The van der Waals surface area contributed by atoms with E-state index in [9.17, 15) is 22.4 Å². The summed E-state index contributed by atoms with van der Waals surface area (Å²) >= 11 is 0. The van der Waals surface area contributed by atoms with E-state index in [1.54, 1.807) is 12.1 Å². The van der Waals surface area contributed by atoms with Gasteiger partial charge in [-0.15, -0.1) is 0 Å². The van der Waals surface area contributed by atoms with E-state index in [4.69, 9.17) is 9.94 Å². The lowest BCUT2D eigenvalue weighted by atomic mass is 9.98. The number of halogens is 1. The van der Waals surface area contributed by atoms with Crippen molar-refractivity contribution in [2.24, 2.45) is 0 Å². The number of benzene rings is 2. The Bertz CT molecular complexity index is 1090. The Kier molecular flexibility index (Phi) is 8.42. The maximum Gasteiger partial charge on any atom is 0.407 e. The van der Waals surface area contributed by atoms with Crippen LogP contribution in [0.15, 0.2) is 53.4 Å². The topological polar surface area (TPSA) is 134 Å². The molecule has 0 spiro atoms. The number of nitrogens with zero attached hydrogens (tertiary/aromatic N) is 1. The quantitative estimate of drug-likeness (QED) is 0.376. The third-order valence-corrected chi connectivity index (χ3v) is 7.35. The van der Waals surface area contributed by atoms with E-state index in [-0.39, 0.29) is 17.3 Å². The number of nitrogens with one attached hydrogen (secondary N) is 2. The second-order valence-corrected chi connectivity index (χ2v) is 9.51. The van der Waals surface area contributed by atoms with Gasteiger partial charge < -0.3 is 14.8 Å². The Morgan fingerprint density at radius 1 is 1.15 bits per heavy atom. The molecule has 0 bridgehead atoms. The highest BCUT2D eigenvalue weighted by Crippen LogP contribution is 2.27. The van der Waals surface area contributed by atoms with Gasteiger partial charge in [0.2, 0.25) is 10.0 Å². The van der Waals surface area contributed by atoms with Gasteiger partial charge in [-0.25, -0.2) is 23.1 Å². The van der Waals surface area contributed by atoms with E-state index in [1.165, 1.54) is 41.9 Å². The van der Waals surface area contributed by atoms with Crippen LogP contribution >= 0.6 is 0 Å². The van der Waals surface area contributed by atoms with Gasteiger partial charge in [0.1, 0.15) is 17.6 Å². The SMILES string of the molecule is COC(=O)N[C@H]1CCCN(S(=O)(=O)c2ccc(OCCc3ccc(F)cc3)cc2)[C@H]1C(=O)NO. The molecule has 2 aromatic carbocycles. The highest BCUT2D eigenvalue weighted by Gasteiger charge is 2.44. The number of carbonyl (C=O) groups excluding carboxylic acids is 2. The summed E-state index contributed by atoms with van der Waals surface area (Å²) in [6.07, 6.45) is 0.427. The zero-order valence-corrected chi connectivity index (χ0v) is 19.3. The zero-order chi connectivity index (χ0) is 24.7. The van der Waals surface area contributed by atoms with Gasteiger partial charge in [0.15, 0.2) is 0 Å². The van der Waals surface area contributed by atoms with Gasteiger partial charge >= 0.3 is 6.09 Å². The van der Waals surface area contributed by atoms with Crippen molar-refractivity contribution in [3.8, 4) is 5.75 Å². The summed E-state index contributed by atoms with van der Waals surface area (Å²) < 4.78 is 50.7. The Morgan fingerprint density at radius 3 is 2.44 bits per heavy atom. The zero-order valence-electron chi connectivity index (χ0n) is 18.4. The van der Waals surface area contributed by atoms with E-state index in [0.717, 1.165) is 17.0 Å². The molecule has 2 atom stereocenters. The summed E-state index contributed by atoms with van der Waals surface area (Å²) in [4.78, 5) is 23.9. The number of alkyl carbamates (subject to hydrolysis) is 1. The van der Waals surface area contributed by atoms with Gasteiger partial charge in [-0.05, 0) is 54.8 Å². The summed E-state index contributed by atoms with van der Waals surface area (Å²) in [5, 5.41) is 11.6. The number of hydrogen-bond donors (Lipinski definition) is 3. The third-order valence-electron chi connectivity index (χ3n) is 5.46. The fourth-order valence-corrected chi connectivity index (χ4v) is 5.42. The molecule has 2 amide bonds. The van der Waals surface area contributed by atoms with Crippen LogP contribution in [0.4, 0.5) is 9.18 Å². The van der Waals surface area contributed by atoms with E-state index < -0.39 is 34.1 Å². The van der Waals surface area contributed by atoms with Crippen LogP contribution in [0.2, 0.25) is 0 Å². The molecule has 12 heteroatoms. The number of hydrogen-bond acceptors (Lipinski definition) is 7. The van der Waals surface area contributed by atoms with Gasteiger partial charge in [-0.1, -0.05) is 12.1 Å². The molecule has 1 aliphatic rings. The predicted octanol–water partition coefficient (Wildman–Crippen LogP) is 1.83. The number of methoxy groups -OCH3 is 1. The van der Waals surface area contributed by atoms with Crippen LogP contribution in [0.3, 0.4) is 0 Å². The minimum atomic E-state index is -4.15. The molecule has 1 heterocycles. The fourth-order valence-electron chi connectivity index (χ4n) is 3.76. The number of ether oxygens (including phenoxy) is 2. The number of hydroxylamine groups is 1. The first-order chi connectivity index (χ1) is 16.3. The monoisotopic (exact) mass is 495 g/mol. The number of amides is 2. The summed E-state index contributed by atoms with van der Waals surface area (Å²) in [5.41, 5.74) is 2.38. The van der Waals surface area contributed by atoms with Crippen molar-refractivity contribution in [1.82, 2.24) is 15.1 Å². The minimum absolute atomic E-state index is 0.0235. The van der Waals surface area contributed by atoms with Gasteiger partial charge in [0.25, 0.3) is 5.91 Å².